The summed E-state index contributed by atoms with van der Waals surface area (Å²) >= 11 is 0. The van der Waals surface area contributed by atoms with E-state index in [9.17, 15) is 4.79 Å². The van der Waals surface area contributed by atoms with Gasteiger partial charge in [-0.3, -0.25) is 4.79 Å². The van der Waals surface area contributed by atoms with Crippen LogP contribution in [0.2, 0.25) is 0 Å². The fourth-order valence-corrected chi connectivity index (χ4v) is 4.18. The van der Waals surface area contributed by atoms with Crippen molar-refractivity contribution in [3.8, 4) is 0 Å². The molecule has 1 amide bonds. The Labute approximate surface area is 161 Å². The van der Waals surface area contributed by atoms with Crippen molar-refractivity contribution in [2.45, 2.75) is 32.6 Å². The Morgan fingerprint density at radius 1 is 0.815 bits per heavy atom. The second-order valence-electron chi connectivity index (χ2n) is 7.83. The Balaban J connectivity index is 1.70. The molecule has 4 rings (SSSR count). The summed E-state index contributed by atoms with van der Waals surface area (Å²) in [7, 11) is 0. The number of carbonyl (C=O) groups excluding carboxylic acids is 1. The number of aryl methyl sites for hydroxylation is 3. The average Bonchev–Trinajstić information content (AvgIpc) is 3.39. The molecule has 3 aromatic rings. The van der Waals surface area contributed by atoms with E-state index in [1.54, 1.807) is 0 Å². The maximum Gasteiger partial charge on any atom is 0.228 e. The normalized spacial score (nSPS) is 17.4. The van der Waals surface area contributed by atoms with Gasteiger partial charge >= 0.3 is 0 Å². The van der Waals surface area contributed by atoms with Gasteiger partial charge in [-0.05, 0) is 56.0 Å². The van der Waals surface area contributed by atoms with Crippen LogP contribution in [0.15, 0.2) is 72.8 Å². The number of amides is 1. The van der Waals surface area contributed by atoms with Gasteiger partial charge in [-0.1, -0.05) is 71.8 Å². The number of benzene rings is 3. The molecule has 0 radical (unpaired) electrons. The molecule has 1 aliphatic carbocycles. The van der Waals surface area contributed by atoms with Crippen LogP contribution >= 0.6 is 0 Å². The second-order valence-corrected chi connectivity index (χ2v) is 7.83. The molecule has 3 aromatic carbocycles. The molecule has 0 aromatic heterocycles. The highest BCUT2D eigenvalue weighted by Gasteiger charge is 2.60. The second kappa shape index (κ2) is 6.70. The van der Waals surface area contributed by atoms with Gasteiger partial charge in [-0.25, -0.2) is 0 Å². The van der Waals surface area contributed by atoms with E-state index in [0.29, 0.717) is 0 Å². The molecule has 0 bridgehead atoms. The van der Waals surface area contributed by atoms with E-state index in [1.807, 2.05) is 31.2 Å². The fourth-order valence-electron chi connectivity index (χ4n) is 4.18. The minimum atomic E-state index is -0.230. The summed E-state index contributed by atoms with van der Waals surface area (Å²) in [5, 5.41) is 3.13. The third-order valence-corrected chi connectivity index (χ3v) is 5.63. The lowest BCUT2D eigenvalue weighted by Gasteiger charge is -2.20. The molecule has 2 nitrogen and oxygen atoms in total. The van der Waals surface area contributed by atoms with Crippen LogP contribution in [0.3, 0.4) is 0 Å². The molecule has 0 heterocycles. The first kappa shape index (κ1) is 17.5. The summed E-state index contributed by atoms with van der Waals surface area (Å²) < 4.78 is 0. The Bertz CT molecular complexity index is 959. The lowest BCUT2D eigenvalue weighted by Crippen LogP contribution is -2.22. The van der Waals surface area contributed by atoms with Crippen molar-refractivity contribution in [2.75, 3.05) is 5.32 Å². The lowest BCUT2D eigenvalue weighted by molar-refractivity contribution is -0.117. The highest BCUT2D eigenvalue weighted by atomic mass is 16.2. The number of nitrogens with one attached hydrogen (secondary N) is 1. The highest BCUT2D eigenvalue weighted by molar-refractivity contribution is 5.97. The van der Waals surface area contributed by atoms with Crippen molar-refractivity contribution in [2.24, 2.45) is 5.92 Å². The summed E-state index contributed by atoms with van der Waals surface area (Å²) in [4.78, 5) is 13.1. The molecule has 1 saturated carbocycles. The van der Waals surface area contributed by atoms with Crippen molar-refractivity contribution in [1.82, 2.24) is 0 Å². The molecule has 27 heavy (non-hydrogen) atoms. The van der Waals surface area contributed by atoms with Crippen LogP contribution in [-0.2, 0) is 10.2 Å². The lowest BCUT2D eigenvalue weighted by atomic mass is 9.84. The van der Waals surface area contributed by atoms with Gasteiger partial charge < -0.3 is 5.32 Å². The van der Waals surface area contributed by atoms with Crippen molar-refractivity contribution in [1.29, 1.82) is 0 Å². The van der Waals surface area contributed by atoms with Crippen LogP contribution in [0, 0.1) is 26.7 Å². The number of carbonyl (C=O) groups is 1. The van der Waals surface area contributed by atoms with Gasteiger partial charge in [0.15, 0.2) is 0 Å². The Kier molecular flexibility index (Phi) is 4.35. The first-order valence-electron chi connectivity index (χ1n) is 9.51. The van der Waals surface area contributed by atoms with Gasteiger partial charge in [-0.15, -0.1) is 0 Å². The van der Waals surface area contributed by atoms with Crippen LogP contribution in [0.4, 0.5) is 5.69 Å². The van der Waals surface area contributed by atoms with Crippen LogP contribution in [0.5, 0.6) is 0 Å². The first-order valence-corrected chi connectivity index (χ1v) is 9.51. The molecule has 136 valence electrons. The van der Waals surface area contributed by atoms with E-state index < -0.39 is 0 Å². The van der Waals surface area contributed by atoms with Crippen LogP contribution < -0.4 is 5.32 Å². The largest absolute Gasteiger partial charge is 0.326 e. The summed E-state index contributed by atoms with van der Waals surface area (Å²) in [6.07, 6.45) is 0.845. The molecule has 0 spiro atoms. The molecular weight excluding hydrogens is 330 g/mol. The monoisotopic (exact) mass is 355 g/mol. The first-order chi connectivity index (χ1) is 13.0. The predicted octanol–water partition coefficient (Wildman–Crippen LogP) is 5.56. The zero-order chi connectivity index (χ0) is 19.0. The maximum atomic E-state index is 13.1. The van der Waals surface area contributed by atoms with E-state index in [2.05, 4.69) is 67.7 Å². The zero-order valence-electron chi connectivity index (χ0n) is 16.1. The molecular formula is C25H25NO. The fraction of sp³-hybridized carbons (Fsp3) is 0.240. The van der Waals surface area contributed by atoms with E-state index in [4.69, 9.17) is 0 Å². The zero-order valence-corrected chi connectivity index (χ0v) is 16.1. The van der Waals surface area contributed by atoms with Gasteiger partial charge in [0, 0.05) is 11.1 Å². The summed E-state index contributed by atoms with van der Waals surface area (Å²) in [6.45, 7) is 6.26. The van der Waals surface area contributed by atoms with Crippen LogP contribution in [0.1, 0.15) is 34.2 Å². The Morgan fingerprint density at radius 3 is 1.85 bits per heavy atom. The summed E-state index contributed by atoms with van der Waals surface area (Å²) in [5.74, 6) is 0.0465. The quantitative estimate of drug-likeness (QED) is 0.652. The van der Waals surface area contributed by atoms with E-state index in [1.165, 1.54) is 22.3 Å². The van der Waals surface area contributed by atoms with Gasteiger partial charge in [0.2, 0.25) is 5.91 Å². The van der Waals surface area contributed by atoms with Crippen LogP contribution in [-0.4, -0.2) is 5.91 Å². The van der Waals surface area contributed by atoms with Crippen LogP contribution in [0.25, 0.3) is 0 Å². The van der Waals surface area contributed by atoms with Crippen molar-refractivity contribution < 1.29 is 4.79 Å². The third-order valence-electron chi connectivity index (χ3n) is 5.63. The number of hydrogen-bond donors (Lipinski definition) is 1. The van der Waals surface area contributed by atoms with E-state index in [-0.39, 0.29) is 17.2 Å². The van der Waals surface area contributed by atoms with E-state index >= 15 is 0 Å². The van der Waals surface area contributed by atoms with Gasteiger partial charge in [-0.2, -0.15) is 0 Å². The van der Waals surface area contributed by atoms with Crippen molar-refractivity contribution >= 4 is 11.6 Å². The van der Waals surface area contributed by atoms with Gasteiger partial charge in [0.1, 0.15) is 0 Å². The predicted molar refractivity (Wildman–Crippen MR) is 111 cm³/mol. The average molecular weight is 355 g/mol. The molecule has 0 aliphatic heterocycles. The Morgan fingerprint density at radius 2 is 1.33 bits per heavy atom. The number of rotatable bonds is 4. The molecule has 1 atom stereocenters. The van der Waals surface area contributed by atoms with Gasteiger partial charge in [0.25, 0.3) is 0 Å². The van der Waals surface area contributed by atoms with Gasteiger partial charge in [0.05, 0.1) is 5.92 Å². The molecule has 2 heteroatoms. The topological polar surface area (TPSA) is 29.1 Å². The number of anilines is 1. The molecule has 1 aliphatic rings. The molecule has 1 N–H and O–H groups in total. The summed E-state index contributed by atoms with van der Waals surface area (Å²) in [5.41, 5.74) is 6.71. The molecule has 0 unspecified atom stereocenters. The molecule has 0 saturated heterocycles. The summed E-state index contributed by atoms with van der Waals surface area (Å²) in [6, 6.07) is 25.2. The maximum absolute atomic E-state index is 13.1. The highest BCUT2D eigenvalue weighted by Crippen LogP contribution is 2.59. The Hall–Kier alpha value is -2.87. The van der Waals surface area contributed by atoms with Crippen molar-refractivity contribution in [3.63, 3.8) is 0 Å². The molecule has 1 fully saturated rings. The SMILES string of the molecule is Cc1cccc(NC(=O)[C@@H]2CC2(c2cccc(C)c2)c2cccc(C)c2)c1. The standard InChI is InChI=1S/C25H25NO/c1-17-7-4-10-20(13-17)25(21-11-5-8-18(2)14-21)16-23(25)24(27)26-22-12-6-9-19(3)15-22/h4-15,23H,16H2,1-3H3,(H,26,27)/t23-/m0/s1. The smallest absolute Gasteiger partial charge is 0.228 e. The minimum absolute atomic E-state index is 0.0541. The number of hydrogen-bond acceptors (Lipinski definition) is 1. The van der Waals surface area contributed by atoms with Crippen molar-refractivity contribution in [3.05, 3.63) is 101 Å². The third kappa shape index (κ3) is 3.28. The van der Waals surface area contributed by atoms with E-state index in [0.717, 1.165) is 17.7 Å². The minimum Gasteiger partial charge on any atom is -0.326 e.